The molecule has 2 atom stereocenters. The average Bonchev–Trinajstić information content (AvgIpc) is 3.32. The van der Waals surface area contributed by atoms with Gasteiger partial charge in [-0.1, -0.05) is 42.5 Å². The highest BCUT2D eigenvalue weighted by Crippen LogP contribution is 2.47. The average molecular weight is 349 g/mol. The van der Waals surface area contributed by atoms with Gasteiger partial charge in [-0.25, -0.2) is 4.98 Å². The molecular weight excluding hydrogens is 330 g/mol. The predicted molar refractivity (Wildman–Crippen MR) is 103 cm³/mol. The Morgan fingerprint density at radius 1 is 1.16 bits per heavy atom. The number of hydrogen-bond donors (Lipinski definition) is 2. The number of nitrogens with one attached hydrogen (secondary N) is 2. The highest BCUT2D eigenvalue weighted by molar-refractivity contribution is 7.14. The molecule has 2 N–H and O–H groups in total. The van der Waals surface area contributed by atoms with E-state index in [1.54, 1.807) is 11.3 Å². The van der Waals surface area contributed by atoms with Crippen molar-refractivity contribution in [2.75, 3.05) is 17.7 Å². The van der Waals surface area contributed by atoms with Gasteiger partial charge in [0.1, 0.15) is 0 Å². The Hall–Kier alpha value is -2.66. The van der Waals surface area contributed by atoms with Crippen LogP contribution in [0.5, 0.6) is 0 Å². The van der Waals surface area contributed by atoms with Crippen LogP contribution in [-0.2, 0) is 4.79 Å². The van der Waals surface area contributed by atoms with E-state index in [1.807, 2.05) is 54.9 Å². The molecule has 1 saturated carbocycles. The Morgan fingerprint density at radius 2 is 2.00 bits per heavy atom. The molecule has 1 heterocycles. The summed E-state index contributed by atoms with van der Waals surface area (Å²) in [5.41, 5.74) is 3.99. The third-order valence-corrected chi connectivity index (χ3v) is 5.36. The summed E-state index contributed by atoms with van der Waals surface area (Å²) in [6.07, 6.45) is 0.924. The van der Waals surface area contributed by atoms with Crippen molar-refractivity contribution in [2.24, 2.45) is 5.92 Å². The minimum atomic E-state index is 0.0706. The molecule has 0 spiro atoms. The van der Waals surface area contributed by atoms with Gasteiger partial charge in [0.05, 0.1) is 5.69 Å². The number of hydrogen-bond acceptors (Lipinski definition) is 4. The largest absolute Gasteiger partial charge is 0.365 e. The fraction of sp³-hybridized carbons (Fsp3) is 0.200. The van der Waals surface area contributed by atoms with Crippen molar-refractivity contribution in [3.8, 4) is 11.3 Å². The van der Waals surface area contributed by atoms with Gasteiger partial charge in [0.15, 0.2) is 5.13 Å². The number of carbonyl (C=O) groups excluding carboxylic acids is 1. The Labute approximate surface area is 150 Å². The van der Waals surface area contributed by atoms with Crippen LogP contribution in [0.1, 0.15) is 17.9 Å². The first-order valence-electron chi connectivity index (χ1n) is 8.34. The lowest BCUT2D eigenvalue weighted by Crippen LogP contribution is -2.14. The van der Waals surface area contributed by atoms with E-state index < -0.39 is 0 Å². The number of nitrogens with zero attached hydrogens (tertiary/aromatic N) is 1. The van der Waals surface area contributed by atoms with Crippen LogP contribution >= 0.6 is 11.3 Å². The van der Waals surface area contributed by atoms with E-state index in [0.29, 0.717) is 5.92 Å². The highest BCUT2D eigenvalue weighted by Gasteiger charge is 2.43. The number of anilines is 2. The van der Waals surface area contributed by atoms with Crippen LogP contribution in [0, 0.1) is 5.92 Å². The van der Waals surface area contributed by atoms with E-state index in [0.717, 1.165) is 28.5 Å². The number of rotatable bonds is 5. The zero-order chi connectivity index (χ0) is 17.2. The fourth-order valence-electron chi connectivity index (χ4n) is 3.07. The van der Waals surface area contributed by atoms with Crippen LogP contribution in [0.25, 0.3) is 11.3 Å². The summed E-state index contributed by atoms with van der Waals surface area (Å²) in [7, 11) is 1.86. The van der Waals surface area contributed by atoms with Crippen molar-refractivity contribution < 1.29 is 4.79 Å². The number of thiazole rings is 1. The normalized spacial score (nSPS) is 18.6. The summed E-state index contributed by atoms with van der Waals surface area (Å²) >= 11 is 1.57. The van der Waals surface area contributed by atoms with Gasteiger partial charge >= 0.3 is 0 Å². The molecule has 4 rings (SSSR count). The summed E-state index contributed by atoms with van der Waals surface area (Å²) in [6.45, 7) is 0. The van der Waals surface area contributed by atoms with Crippen LogP contribution in [0.3, 0.4) is 0 Å². The van der Waals surface area contributed by atoms with E-state index in [2.05, 4.69) is 27.8 Å². The lowest BCUT2D eigenvalue weighted by molar-refractivity contribution is -0.117. The van der Waals surface area contributed by atoms with Gasteiger partial charge in [0.25, 0.3) is 0 Å². The number of aromatic nitrogens is 1. The molecule has 1 aromatic heterocycles. The van der Waals surface area contributed by atoms with Gasteiger partial charge in [0, 0.05) is 29.6 Å². The van der Waals surface area contributed by atoms with Crippen molar-refractivity contribution in [2.45, 2.75) is 12.3 Å². The summed E-state index contributed by atoms with van der Waals surface area (Å²) in [5, 5.41) is 9.00. The SMILES string of the molecule is CNc1nc(-c2cccc(NC(=O)C3CC3c3ccccc3)c2)cs1. The van der Waals surface area contributed by atoms with Gasteiger partial charge in [-0.3, -0.25) is 4.79 Å². The van der Waals surface area contributed by atoms with Crippen LogP contribution < -0.4 is 10.6 Å². The molecule has 1 fully saturated rings. The van der Waals surface area contributed by atoms with Gasteiger partial charge in [-0.05, 0) is 30.0 Å². The molecule has 25 heavy (non-hydrogen) atoms. The van der Waals surface area contributed by atoms with E-state index in [9.17, 15) is 4.79 Å². The fourth-order valence-corrected chi connectivity index (χ4v) is 3.75. The van der Waals surface area contributed by atoms with Crippen LogP contribution in [0.4, 0.5) is 10.8 Å². The molecule has 0 bridgehead atoms. The van der Waals surface area contributed by atoms with Crippen molar-refractivity contribution in [3.63, 3.8) is 0 Å². The minimum absolute atomic E-state index is 0.0706. The second-order valence-electron chi connectivity index (χ2n) is 6.22. The molecule has 5 heteroatoms. The lowest BCUT2D eigenvalue weighted by atomic mass is 10.1. The highest BCUT2D eigenvalue weighted by atomic mass is 32.1. The summed E-state index contributed by atoms with van der Waals surface area (Å²) < 4.78 is 0. The number of benzene rings is 2. The second-order valence-corrected chi connectivity index (χ2v) is 7.08. The first-order valence-corrected chi connectivity index (χ1v) is 9.22. The van der Waals surface area contributed by atoms with Crippen molar-refractivity contribution >= 4 is 28.1 Å². The Balaban J connectivity index is 1.45. The Morgan fingerprint density at radius 3 is 2.76 bits per heavy atom. The predicted octanol–water partition coefficient (Wildman–Crippen LogP) is 4.59. The van der Waals surface area contributed by atoms with Crippen molar-refractivity contribution in [1.82, 2.24) is 4.98 Å². The quantitative estimate of drug-likeness (QED) is 0.708. The maximum Gasteiger partial charge on any atom is 0.228 e. The third kappa shape index (κ3) is 3.42. The monoisotopic (exact) mass is 349 g/mol. The molecule has 2 unspecified atom stereocenters. The molecule has 0 saturated heterocycles. The summed E-state index contributed by atoms with van der Waals surface area (Å²) in [5.74, 6) is 0.516. The van der Waals surface area contributed by atoms with Crippen LogP contribution in [-0.4, -0.2) is 17.9 Å². The van der Waals surface area contributed by atoms with E-state index >= 15 is 0 Å². The molecule has 2 aromatic carbocycles. The Kier molecular flexibility index (Phi) is 4.24. The maximum atomic E-state index is 12.5. The molecule has 1 amide bonds. The molecule has 3 aromatic rings. The van der Waals surface area contributed by atoms with E-state index in [1.165, 1.54) is 5.56 Å². The molecule has 0 radical (unpaired) electrons. The molecule has 126 valence electrons. The lowest BCUT2D eigenvalue weighted by Gasteiger charge is -2.07. The van der Waals surface area contributed by atoms with Crippen LogP contribution in [0.15, 0.2) is 60.0 Å². The first-order chi connectivity index (χ1) is 12.2. The zero-order valence-corrected chi connectivity index (χ0v) is 14.7. The number of carbonyl (C=O) groups is 1. The van der Waals surface area contributed by atoms with E-state index in [4.69, 9.17) is 0 Å². The number of amides is 1. The van der Waals surface area contributed by atoms with Crippen LogP contribution in [0.2, 0.25) is 0 Å². The van der Waals surface area contributed by atoms with Crippen molar-refractivity contribution in [1.29, 1.82) is 0 Å². The smallest absolute Gasteiger partial charge is 0.228 e. The third-order valence-electron chi connectivity index (χ3n) is 4.50. The topological polar surface area (TPSA) is 54.0 Å². The molecule has 1 aliphatic rings. The minimum Gasteiger partial charge on any atom is -0.365 e. The second kappa shape index (κ2) is 6.69. The first kappa shape index (κ1) is 15.8. The summed E-state index contributed by atoms with van der Waals surface area (Å²) in [4.78, 5) is 17.0. The maximum absolute atomic E-state index is 12.5. The summed E-state index contributed by atoms with van der Waals surface area (Å²) in [6, 6.07) is 18.1. The zero-order valence-electron chi connectivity index (χ0n) is 13.9. The molecule has 0 aliphatic heterocycles. The molecule has 4 nitrogen and oxygen atoms in total. The van der Waals surface area contributed by atoms with Gasteiger partial charge in [0.2, 0.25) is 5.91 Å². The standard InChI is InChI=1S/C20H19N3OS/c1-21-20-23-18(12-25-20)14-8-5-9-15(10-14)22-19(24)17-11-16(17)13-6-3-2-4-7-13/h2-10,12,16-17H,11H2,1H3,(H,21,23)(H,22,24). The van der Waals surface area contributed by atoms with Crippen molar-refractivity contribution in [3.05, 3.63) is 65.5 Å². The van der Waals surface area contributed by atoms with Gasteiger partial charge in [-0.15, -0.1) is 11.3 Å². The van der Waals surface area contributed by atoms with Gasteiger partial charge in [-0.2, -0.15) is 0 Å². The van der Waals surface area contributed by atoms with E-state index in [-0.39, 0.29) is 11.8 Å². The van der Waals surface area contributed by atoms with Gasteiger partial charge < -0.3 is 10.6 Å². The molecular formula is C20H19N3OS. The molecule has 1 aliphatic carbocycles. The Bertz CT molecular complexity index is 891.